The number of anilines is 1. The van der Waals surface area contributed by atoms with E-state index in [9.17, 15) is 18.0 Å². The number of nitrogens with zero attached hydrogens (tertiary/aromatic N) is 2. The maximum absolute atomic E-state index is 14.5. The summed E-state index contributed by atoms with van der Waals surface area (Å²) >= 11 is 6.14. The van der Waals surface area contributed by atoms with Crippen LogP contribution in [0.2, 0.25) is 5.02 Å². The van der Waals surface area contributed by atoms with E-state index >= 15 is 0 Å². The van der Waals surface area contributed by atoms with Crippen LogP contribution >= 0.6 is 11.6 Å². The Labute approximate surface area is 275 Å². The minimum atomic E-state index is -4.26. The van der Waals surface area contributed by atoms with Gasteiger partial charge in [0.2, 0.25) is 11.8 Å². The Morgan fingerprint density at radius 3 is 2.00 bits per heavy atom. The van der Waals surface area contributed by atoms with Crippen LogP contribution in [0.3, 0.4) is 0 Å². The first-order valence-electron chi connectivity index (χ1n) is 14.7. The summed E-state index contributed by atoms with van der Waals surface area (Å²) in [7, 11) is -1.34. The molecule has 0 saturated heterocycles. The van der Waals surface area contributed by atoms with Gasteiger partial charge in [-0.1, -0.05) is 72.3 Å². The molecule has 0 spiro atoms. The van der Waals surface area contributed by atoms with Gasteiger partial charge in [0, 0.05) is 30.1 Å². The van der Waals surface area contributed by atoms with Gasteiger partial charge in [-0.2, -0.15) is 0 Å². The van der Waals surface area contributed by atoms with Gasteiger partial charge < -0.3 is 19.7 Å². The number of benzene rings is 4. The van der Waals surface area contributed by atoms with Crippen LogP contribution in [0.5, 0.6) is 11.5 Å². The van der Waals surface area contributed by atoms with Crippen molar-refractivity contribution in [3.63, 3.8) is 0 Å². The highest BCUT2D eigenvalue weighted by molar-refractivity contribution is 7.92. The Balaban J connectivity index is 1.83. The highest BCUT2D eigenvalue weighted by Gasteiger charge is 2.35. The van der Waals surface area contributed by atoms with Crippen molar-refractivity contribution in [2.45, 2.75) is 43.8 Å². The minimum absolute atomic E-state index is 0.000206. The molecule has 0 aliphatic carbocycles. The van der Waals surface area contributed by atoms with E-state index in [1.54, 1.807) is 54.6 Å². The summed E-state index contributed by atoms with van der Waals surface area (Å²) in [5.41, 5.74) is 1.75. The Bertz CT molecular complexity index is 1720. The quantitative estimate of drug-likeness (QED) is 0.185. The molecule has 242 valence electrons. The monoisotopic (exact) mass is 663 g/mol. The summed E-state index contributed by atoms with van der Waals surface area (Å²) in [4.78, 5) is 29.8. The van der Waals surface area contributed by atoms with Gasteiger partial charge in [0.05, 0.1) is 24.8 Å². The third kappa shape index (κ3) is 8.58. The Kier molecular flexibility index (Phi) is 11.7. The second kappa shape index (κ2) is 15.6. The molecule has 0 saturated carbocycles. The van der Waals surface area contributed by atoms with E-state index in [2.05, 4.69) is 5.32 Å². The molecule has 0 heterocycles. The minimum Gasteiger partial charge on any atom is -0.493 e. The van der Waals surface area contributed by atoms with Crippen molar-refractivity contribution in [3.8, 4) is 11.5 Å². The average Bonchev–Trinajstić information content (AvgIpc) is 3.06. The van der Waals surface area contributed by atoms with Crippen molar-refractivity contribution in [3.05, 3.63) is 119 Å². The molecule has 0 aromatic heterocycles. The second-order valence-corrected chi connectivity index (χ2v) is 13.2. The van der Waals surface area contributed by atoms with Gasteiger partial charge in [0.15, 0.2) is 11.5 Å². The van der Waals surface area contributed by atoms with Gasteiger partial charge in [-0.05, 0) is 61.4 Å². The van der Waals surface area contributed by atoms with E-state index in [1.165, 1.54) is 37.3 Å². The van der Waals surface area contributed by atoms with E-state index in [1.807, 2.05) is 44.2 Å². The Morgan fingerprint density at radius 2 is 1.41 bits per heavy atom. The van der Waals surface area contributed by atoms with Crippen molar-refractivity contribution in [1.82, 2.24) is 10.2 Å². The molecule has 1 N–H and O–H groups in total. The van der Waals surface area contributed by atoms with Crippen LogP contribution in [0.4, 0.5) is 5.69 Å². The number of sulfonamides is 1. The normalized spacial score (nSPS) is 11.9. The van der Waals surface area contributed by atoms with Crippen LogP contribution in [0.25, 0.3) is 0 Å². The summed E-state index contributed by atoms with van der Waals surface area (Å²) in [6.07, 6.45) is 0.209. The van der Waals surface area contributed by atoms with Gasteiger partial charge >= 0.3 is 0 Å². The molecule has 0 fully saturated rings. The lowest BCUT2D eigenvalue weighted by molar-refractivity contribution is -0.140. The third-order valence-electron chi connectivity index (χ3n) is 7.23. The van der Waals surface area contributed by atoms with Crippen LogP contribution in [0, 0.1) is 0 Å². The maximum Gasteiger partial charge on any atom is 0.264 e. The fourth-order valence-corrected chi connectivity index (χ4v) is 6.50. The summed E-state index contributed by atoms with van der Waals surface area (Å²) in [6.45, 7) is 3.12. The van der Waals surface area contributed by atoms with Gasteiger partial charge in [-0.3, -0.25) is 13.9 Å². The molecule has 0 aliphatic heterocycles. The van der Waals surface area contributed by atoms with Gasteiger partial charge in [0.25, 0.3) is 10.0 Å². The van der Waals surface area contributed by atoms with Crippen molar-refractivity contribution in [2.24, 2.45) is 0 Å². The van der Waals surface area contributed by atoms with Gasteiger partial charge in [-0.15, -0.1) is 0 Å². The molecule has 0 aliphatic rings. The average molecular weight is 664 g/mol. The summed E-state index contributed by atoms with van der Waals surface area (Å²) in [6, 6.07) is 27.7. The highest BCUT2D eigenvalue weighted by Crippen LogP contribution is 2.34. The number of hydrogen-bond donors (Lipinski definition) is 1. The Hall–Kier alpha value is -4.54. The first-order chi connectivity index (χ1) is 22.0. The molecule has 11 heteroatoms. The molecule has 46 heavy (non-hydrogen) atoms. The molecular formula is C35H38ClN3O6S. The standard InChI is InChI=1S/C35H38ClN3O6S/c1-25(2)37-35(41)31(21-26-11-7-5-8-12-26)38(23-27-15-17-28(36)18-16-27)34(40)24-39(46(42,43)30-13-9-6-10-14-30)29-19-20-32(44-3)33(22-29)45-4/h5-20,22,25,31H,21,23-24H2,1-4H3,(H,37,41)/t31-/m0/s1. The van der Waals surface area contributed by atoms with Gasteiger partial charge in [-0.25, -0.2) is 8.42 Å². The molecular weight excluding hydrogens is 626 g/mol. The van der Waals surface area contributed by atoms with Crippen LogP contribution in [-0.4, -0.2) is 58.0 Å². The highest BCUT2D eigenvalue weighted by atomic mass is 35.5. The Morgan fingerprint density at radius 1 is 0.804 bits per heavy atom. The van der Waals surface area contributed by atoms with Crippen LogP contribution in [0.15, 0.2) is 108 Å². The van der Waals surface area contributed by atoms with Crippen molar-refractivity contribution < 1.29 is 27.5 Å². The second-order valence-electron chi connectivity index (χ2n) is 10.9. The van der Waals surface area contributed by atoms with Crippen LogP contribution in [-0.2, 0) is 32.6 Å². The molecule has 0 unspecified atom stereocenters. The lowest BCUT2D eigenvalue weighted by atomic mass is 10.0. The zero-order valence-electron chi connectivity index (χ0n) is 26.2. The maximum atomic E-state index is 14.5. The summed E-state index contributed by atoms with van der Waals surface area (Å²) in [5, 5.41) is 3.47. The number of carbonyl (C=O) groups is 2. The largest absolute Gasteiger partial charge is 0.493 e. The molecule has 0 bridgehead atoms. The number of rotatable bonds is 14. The smallest absolute Gasteiger partial charge is 0.264 e. The lowest BCUT2D eigenvalue weighted by Crippen LogP contribution is -2.54. The van der Waals surface area contributed by atoms with E-state index in [0.717, 1.165) is 15.4 Å². The first kappa shape index (κ1) is 34.3. The van der Waals surface area contributed by atoms with E-state index in [0.29, 0.717) is 10.8 Å². The number of nitrogens with one attached hydrogen (secondary N) is 1. The van der Waals surface area contributed by atoms with Crippen molar-refractivity contribution in [2.75, 3.05) is 25.1 Å². The molecule has 4 rings (SSSR count). The fourth-order valence-electron chi connectivity index (χ4n) is 4.95. The van der Waals surface area contributed by atoms with E-state index in [4.69, 9.17) is 21.1 Å². The number of hydrogen-bond acceptors (Lipinski definition) is 6. The molecule has 1 atom stereocenters. The summed E-state index contributed by atoms with van der Waals surface area (Å²) < 4.78 is 40.2. The predicted octanol–water partition coefficient (Wildman–Crippen LogP) is 5.72. The van der Waals surface area contributed by atoms with Crippen molar-refractivity contribution >= 4 is 39.1 Å². The molecule has 2 amide bonds. The SMILES string of the molecule is COc1ccc(N(CC(=O)N(Cc2ccc(Cl)cc2)[C@@H](Cc2ccccc2)C(=O)NC(C)C)S(=O)(=O)c2ccccc2)cc1OC. The molecule has 4 aromatic carbocycles. The molecule has 0 radical (unpaired) electrons. The zero-order chi connectivity index (χ0) is 33.3. The van der Waals surface area contributed by atoms with Gasteiger partial charge in [0.1, 0.15) is 12.6 Å². The van der Waals surface area contributed by atoms with E-state index < -0.39 is 28.5 Å². The molecule has 4 aromatic rings. The van der Waals surface area contributed by atoms with Crippen molar-refractivity contribution in [1.29, 1.82) is 0 Å². The fraction of sp³-hybridized carbons (Fsp3) is 0.257. The van der Waals surface area contributed by atoms with E-state index in [-0.39, 0.29) is 41.2 Å². The number of halogens is 1. The number of methoxy groups -OCH3 is 2. The topological polar surface area (TPSA) is 105 Å². The van der Waals surface area contributed by atoms with Crippen LogP contribution < -0.4 is 19.1 Å². The predicted molar refractivity (Wildman–Crippen MR) is 180 cm³/mol. The number of carbonyl (C=O) groups excluding carboxylic acids is 2. The first-order valence-corrected chi connectivity index (χ1v) is 16.5. The van der Waals surface area contributed by atoms with Crippen LogP contribution in [0.1, 0.15) is 25.0 Å². The zero-order valence-corrected chi connectivity index (χ0v) is 27.8. The third-order valence-corrected chi connectivity index (χ3v) is 9.27. The molecule has 9 nitrogen and oxygen atoms in total. The number of amides is 2. The summed E-state index contributed by atoms with van der Waals surface area (Å²) in [5.74, 6) is -0.252. The number of ether oxygens (including phenoxy) is 2. The lowest BCUT2D eigenvalue weighted by Gasteiger charge is -2.34.